The standard InChI is InChI=1S/C19H25N3O/c1-14(2)11-19(3,13-20)22-18(23)10-6-7-15-12-21-17-9-5-4-8-16(15)17/h4-5,8-9,12,14,21H,6-7,10-11H2,1-3H3,(H,22,23)/t19-/m0/s1. The lowest BCUT2D eigenvalue weighted by Crippen LogP contribution is -2.45. The molecule has 0 aliphatic heterocycles. The third-order valence-corrected chi connectivity index (χ3v) is 4.00. The predicted octanol–water partition coefficient (Wildman–Crippen LogP) is 3.94. The Labute approximate surface area is 137 Å². The molecule has 1 amide bonds. The summed E-state index contributed by atoms with van der Waals surface area (Å²) in [6.45, 7) is 5.90. The summed E-state index contributed by atoms with van der Waals surface area (Å²) >= 11 is 0. The summed E-state index contributed by atoms with van der Waals surface area (Å²) in [6.07, 6.45) is 4.75. The molecule has 0 saturated carbocycles. The normalized spacial score (nSPS) is 13.7. The highest BCUT2D eigenvalue weighted by molar-refractivity contribution is 5.83. The molecule has 2 N–H and O–H groups in total. The maximum absolute atomic E-state index is 12.1. The molecule has 122 valence electrons. The lowest BCUT2D eigenvalue weighted by molar-refractivity contribution is -0.122. The van der Waals surface area contributed by atoms with Crippen LogP contribution >= 0.6 is 0 Å². The van der Waals surface area contributed by atoms with Gasteiger partial charge in [-0.15, -0.1) is 0 Å². The van der Waals surface area contributed by atoms with Crippen LogP contribution in [-0.4, -0.2) is 16.4 Å². The number of hydrogen-bond donors (Lipinski definition) is 2. The van der Waals surface area contributed by atoms with Gasteiger partial charge >= 0.3 is 0 Å². The molecule has 1 aromatic heterocycles. The number of nitrogens with zero attached hydrogens (tertiary/aromatic N) is 1. The first-order valence-electron chi connectivity index (χ1n) is 8.21. The van der Waals surface area contributed by atoms with Gasteiger partial charge in [0, 0.05) is 23.5 Å². The van der Waals surface area contributed by atoms with Gasteiger partial charge in [-0.25, -0.2) is 0 Å². The minimum atomic E-state index is -0.772. The minimum absolute atomic E-state index is 0.0467. The maximum Gasteiger partial charge on any atom is 0.221 e. The molecular weight excluding hydrogens is 286 g/mol. The molecule has 0 unspecified atom stereocenters. The molecule has 2 rings (SSSR count). The number of carbonyl (C=O) groups is 1. The van der Waals surface area contributed by atoms with E-state index >= 15 is 0 Å². The number of nitriles is 1. The Bertz CT molecular complexity index is 711. The summed E-state index contributed by atoms with van der Waals surface area (Å²) in [5.41, 5.74) is 1.59. The van der Waals surface area contributed by atoms with E-state index < -0.39 is 5.54 Å². The molecule has 1 heterocycles. The van der Waals surface area contributed by atoms with Crippen molar-refractivity contribution in [1.29, 1.82) is 5.26 Å². The fourth-order valence-corrected chi connectivity index (χ4v) is 3.09. The van der Waals surface area contributed by atoms with Gasteiger partial charge in [-0.2, -0.15) is 5.26 Å². The maximum atomic E-state index is 12.1. The van der Waals surface area contributed by atoms with Crippen molar-refractivity contribution >= 4 is 16.8 Å². The molecule has 0 saturated heterocycles. The number of aromatic amines is 1. The number of aryl methyl sites for hydroxylation is 1. The molecule has 23 heavy (non-hydrogen) atoms. The zero-order chi connectivity index (χ0) is 16.9. The number of nitrogens with one attached hydrogen (secondary N) is 2. The van der Waals surface area contributed by atoms with E-state index in [1.807, 2.05) is 18.3 Å². The van der Waals surface area contributed by atoms with Crippen molar-refractivity contribution in [3.05, 3.63) is 36.0 Å². The van der Waals surface area contributed by atoms with Crippen molar-refractivity contribution in [1.82, 2.24) is 10.3 Å². The Morgan fingerprint density at radius 3 is 2.83 bits per heavy atom. The Morgan fingerprint density at radius 1 is 1.39 bits per heavy atom. The minimum Gasteiger partial charge on any atom is -0.361 e. The largest absolute Gasteiger partial charge is 0.361 e. The van der Waals surface area contributed by atoms with E-state index in [2.05, 4.69) is 42.4 Å². The van der Waals surface area contributed by atoms with Crippen LogP contribution in [-0.2, 0) is 11.2 Å². The van der Waals surface area contributed by atoms with Crippen molar-refractivity contribution in [2.75, 3.05) is 0 Å². The Hall–Kier alpha value is -2.28. The van der Waals surface area contributed by atoms with Crippen LogP contribution in [0.2, 0.25) is 0 Å². The van der Waals surface area contributed by atoms with Crippen molar-refractivity contribution in [3.8, 4) is 6.07 Å². The molecule has 1 atom stereocenters. The van der Waals surface area contributed by atoms with E-state index in [4.69, 9.17) is 0 Å². The van der Waals surface area contributed by atoms with Gasteiger partial charge in [0.1, 0.15) is 5.54 Å². The van der Waals surface area contributed by atoms with Gasteiger partial charge < -0.3 is 10.3 Å². The van der Waals surface area contributed by atoms with Gasteiger partial charge in [-0.05, 0) is 43.7 Å². The van der Waals surface area contributed by atoms with Crippen molar-refractivity contribution < 1.29 is 4.79 Å². The second-order valence-corrected chi connectivity index (χ2v) is 6.80. The number of rotatable bonds is 7. The van der Waals surface area contributed by atoms with Crippen LogP contribution in [0.25, 0.3) is 10.9 Å². The van der Waals surface area contributed by atoms with Crippen LogP contribution in [0.15, 0.2) is 30.5 Å². The molecule has 2 aromatic rings. The van der Waals surface area contributed by atoms with E-state index in [1.54, 1.807) is 6.92 Å². The number of para-hydroxylation sites is 1. The van der Waals surface area contributed by atoms with Gasteiger partial charge in [-0.1, -0.05) is 32.0 Å². The fraction of sp³-hybridized carbons (Fsp3) is 0.474. The average molecular weight is 311 g/mol. The Balaban J connectivity index is 1.86. The number of amides is 1. The molecule has 1 aromatic carbocycles. The topological polar surface area (TPSA) is 68.7 Å². The number of hydrogen-bond acceptors (Lipinski definition) is 2. The first kappa shape index (κ1) is 17.1. The second-order valence-electron chi connectivity index (χ2n) is 6.80. The SMILES string of the molecule is CC(C)C[C@@](C)(C#N)NC(=O)CCCc1c[nH]c2ccccc12. The summed E-state index contributed by atoms with van der Waals surface area (Å²) < 4.78 is 0. The fourth-order valence-electron chi connectivity index (χ4n) is 3.09. The number of fused-ring (bicyclic) bond motifs is 1. The van der Waals surface area contributed by atoms with E-state index in [0.29, 0.717) is 18.8 Å². The van der Waals surface area contributed by atoms with Crippen LogP contribution in [0.4, 0.5) is 0 Å². The molecule has 4 nitrogen and oxygen atoms in total. The van der Waals surface area contributed by atoms with Crippen molar-refractivity contribution in [2.24, 2.45) is 5.92 Å². The summed E-state index contributed by atoms with van der Waals surface area (Å²) in [5, 5.41) is 13.4. The highest BCUT2D eigenvalue weighted by Crippen LogP contribution is 2.20. The molecule has 4 heteroatoms. The molecular formula is C19H25N3O. The summed E-state index contributed by atoms with van der Waals surface area (Å²) in [6, 6.07) is 10.4. The lowest BCUT2D eigenvalue weighted by Gasteiger charge is -2.25. The third kappa shape index (κ3) is 4.59. The zero-order valence-corrected chi connectivity index (χ0v) is 14.1. The van der Waals surface area contributed by atoms with Gasteiger partial charge in [0.25, 0.3) is 0 Å². The van der Waals surface area contributed by atoms with E-state index in [1.165, 1.54) is 10.9 Å². The zero-order valence-electron chi connectivity index (χ0n) is 14.1. The van der Waals surface area contributed by atoms with Gasteiger partial charge in [0.15, 0.2) is 0 Å². The van der Waals surface area contributed by atoms with E-state index in [9.17, 15) is 10.1 Å². The smallest absolute Gasteiger partial charge is 0.221 e. The van der Waals surface area contributed by atoms with Gasteiger partial charge in [0.05, 0.1) is 6.07 Å². The number of carbonyl (C=O) groups excluding carboxylic acids is 1. The highest BCUT2D eigenvalue weighted by atomic mass is 16.1. The highest BCUT2D eigenvalue weighted by Gasteiger charge is 2.26. The summed E-state index contributed by atoms with van der Waals surface area (Å²) in [4.78, 5) is 15.4. The number of aromatic nitrogens is 1. The molecule has 0 aliphatic rings. The van der Waals surface area contributed by atoms with E-state index in [0.717, 1.165) is 18.4 Å². The van der Waals surface area contributed by atoms with Crippen LogP contribution in [0.1, 0.15) is 45.6 Å². The number of H-pyrrole nitrogens is 1. The monoisotopic (exact) mass is 311 g/mol. The molecule has 0 bridgehead atoms. The third-order valence-electron chi connectivity index (χ3n) is 4.00. The second kappa shape index (κ2) is 7.32. The van der Waals surface area contributed by atoms with Crippen molar-refractivity contribution in [3.63, 3.8) is 0 Å². The van der Waals surface area contributed by atoms with Crippen LogP contribution < -0.4 is 5.32 Å². The average Bonchev–Trinajstić information content (AvgIpc) is 2.90. The molecule has 0 fully saturated rings. The lowest BCUT2D eigenvalue weighted by atomic mass is 9.92. The summed E-state index contributed by atoms with van der Waals surface area (Å²) in [5.74, 6) is 0.320. The number of benzene rings is 1. The Kier molecular flexibility index (Phi) is 5.44. The first-order chi connectivity index (χ1) is 10.9. The predicted molar refractivity (Wildman–Crippen MR) is 92.9 cm³/mol. The first-order valence-corrected chi connectivity index (χ1v) is 8.21. The molecule has 0 radical (unpaired) electrons. The summed E-state index contributed by atoms with van der Waals surface area (Å²) in [7, 11) is 0. The quantitative estimate of drug-likeness (QED) is 0.813. The van der Waals surface area contributed by atoms with Crippen LogP contribution in [0, 0.1) is 17.2 Å². The van der Waals surface area contributed by atoms with Crippen LogP contribution in [0.5, 0.6) is 0 Å². The van der Waals surface area contributed by atoms with Crippen molar-refractivity contribution in [2.45, 2.75) is 52.0 Å². The molecule has 0 aliphatic carbocycles. The van der Waals surface area contributed by atoms with E-state index in [-0.39, 0.29) is 5.91 Å². The molecule has 0 spiro atoms. The Morgan fingerprint density at radius 2 is 2.13 bits per heavy atom. The van der Waals surface area contributed by atoms with Gasteiger partial charge in [0.2, 0.25) is 5.91 Å². The van der Waals surface area contributed by atoms with Gasteiger partial charge in [-0.3, -0.25) is 4.79 Å². The van der Waals surface area contributed by atoms with Crippen LogP contribution in [0.3, 0.4) is 0 Å².